The maximum atomic E-state index is 5.44. The predicted molar refractivity (Wildman–Crippen MR) is 42.9 cm³/mol. The topological polar surface area (TPSA) is 6.48 Å². The maximum absolute atomic E-state index is 5.44. The second-order valence-corrected chi connectivity index (χ2v) is 2.93. The fourth-order valence-electron chi connectivity index (χ4n) is 1.25. The molecule has 1 rings (SSSR count). The number of likely N-dealkylation sites (N-methyl/N-ethyl adjacent to an activating group) is 1. The van der Waals surface area contributed by atoms with Gasteiger partial charge in [-0.05, 0) is 26.9 Å². The number of hydrogen-bond donors (Lipinski definition) is 0. The van der Waals surface area contributed by atoms with Gasteiger partial charge in [0.15, 0.2) is 0 Å². The number of piperazine rings is 1. The summed E-state index contributed by atoms with van der Waals surface area (Å²) >= 11 is 0. The largest absolute Gasteiger partial charge is 0.304 e. The van der Waals surface area contributed by atoms with E-state index in [9.17, 15) is 0 Å². The van der Waals surface area contributed by atoms with Crippen molar-refractivity contribution >= 4 is 0 Å². The van der Waals surface area contributed by atoms with Crippen molar-refractivity contribution in [2.45, 2.75) is 6.42 Å². The molecule has 1 heterocycles. The van der Waals surface area contributed by atoms with Gasteiger partial charge in [-0.2, -0.15) is 0 Å². The second kappa shape index (κ2) is 3.94. The average Bonchev–Trinajstić information content (AvgIpc) is 1.95. The van der Waals surface area contributed by atoms with Crippen molar-refractivity contribution in [3.05, 3.63) is 6.92 Å². The lowest BCUT2D eigenvalue weighted by molar-refractivity contribution is 0.156. The van der Waals surface area contributed by atoms with E-state index in [1.165, 1.54) is 26.2 Å². The van der Waals surface area contributed by atoms with Crippen molar-refractivity contribution in [1.29, 1.82) is 0 Å². The van der Waals surface area contributed by atoms with Crippen LogP contribution in [0.25, 0.3) is 0 Å². The smallest absolute Gasteiger partial charge is 0.0110 e. The minimum Gasteiger partial charge on any atom is -0.304 e. The molecule has 10 heavy (non-hydrogen) atoms. The molecule has 0 spiro atoms. The molecule has 2 heteroatoms. The molecule has 0 aromatic heterocycles. The molecule has 0 saturated carbocycles. The van der Waals surface area contributed by atoms with Gasteiger partial charge in [0.1, 0.15) is 0 Å². The van der Waals surface area contributed by atoms with Crippen molar-refractivity contribution < 1.29 is 0 Å². The number of hydrogen-bond acceptors (Lipinski definition) is 2. The Hall–Kier alpha value is -0.0800. The summed E-state index contributed by atoms with van der Waals surface area (Å²) in [7, 11) is 2.17. The zero-order chi connectivity index (χ0) is 7.40. The van der Waals surface area contributed by atoms with Crippen LogP contribution in [0, 0.1) is 6.92 Å². The minimum absolute atomic E-state index is 0.795. The molecule has 0 aromatic rings. The maximum Gasteiger partial charge on any atom is 0.0110 e. The Labute approximate surface area is 63.8 Å². The molecule has 1 fully saturated rings. The summed E-state index contributed by atoms with van der Waals surface area (Å²) < 4.78 is 0. The first-order valence-electron chi connectivity index (χ1n) is 3.94. The summed E-state index contributed by atoms with van der Waals surface area (Å²) in [5.41, 5.74) is 0. The summed E-state index contributed by atoms with van der Waals surface area (Å²) in [5.74, 6) is 0. The van der Waals surface area contributed by atoms with Gasteiger partial charge >= 0.3 is 0 Å². The van der Waals surface area contributed by atoms with Crippen LogP contribution >= 0.6 is 0 Å². The standard InChI is InChI=1S/C8H16N2/c1-3-4-10-7-5-9(2)6-8-10/h1H,3-8H2,2H3. The van der Waals surface area contributed by atoms with Crippen LogP contribution in [0.4, 0.5) is 0 Å². The van der Waals surface area contributed by atoms with E-state index < -0.39 is 0 Å². The van der Waals surface area contributed by atoms with Gasteiger partial charge in [-0.1, -0.05) is 0 Å². The van der Waals surface area contributed by atoms with Gasteiger partial charge in [-0.15, -0.1) is 0 Å². The molecule has 2 radical (unpaired) electrons. The molecular weight excluding hydrogens is 124 g/mol. The van der Waals surface area contributed by atoms with Crippen LogP contribution in [0.15, 0.2) is 0 Å². The van der Waals surface area contributed by atoms with Crippen molar-refractivity contribution in [3.63, 3.8) is 0 Å². The van der Waals surface area contributed by atoms with Gasteiger partial charge in [0.2, 0.25) is 0 Å². The highest BCUT2D eigenvalue weighted by atomic mass is 15.2. The quantitative estimate of drug-likeness (QED) is 0.545. The molecule has 1 aliphatic heterocycles. The first-order chi connectivity index (χ1) is 4.83. The summed E-state index contributed by atoms with van der Waals surface area (Å²) in [6.45, 7) is 11.3. The Kier molecular flexibility index (Phi) is 3.16. The SMILES string of the molecule is [CH]CCN1CCN(C)CC1. The Morgan fingerprint density at radius 1 is 1.20 bits per heavy atom. The fraction of sp³-hybridized carbons (Fsp3) is 0.875. The van der Waals surface area contributed by atoms with Gasteiger partial charge < -0.3 is 9.80 Å². The van der Waals surface area contributed by atoms with Crippen molar-refractivity contribution in [3.8, 4) is 0 Å². The Bertz CT molecular complexity index is 85.3. The van der Waals surface area contributed by atoms with E-state index >= 15 is 0 Å². The van der Waals surface area contributed by atoms with Crippen LogP contribution in [-0.4, -0.2) is 49.6 Å². The van der Waals surface area contributed by atoms with Gasteiger partial charge in [0.05, 0.1) is 0 Å². The van der Waals surface area contributed by atoms with Gasteiger partial charge in [-0.25, -0.2) is 0 Å². The van der Waals surface area contributed by atoms with Crippen LogP contribution in [-0.2, 0) is 0 Å². The van der Waals surface area contributed by atoms with E-state index in [4.69, 9.17) is 6.92 Å². The molecule has 1 saturated heterocycles. The predicted octanol–water partition coefficient (Wildman–Crippen LogP) is 0.335. The van der Waals surface area contributed by atoms with Gasteiger partial charge in [0, 0.05) is 26.2 Å². The highest BCUT2D eigenvalue weighted by molar-refractivity contribution is 4.68. The van der Waals surface area contributed by atoms with Crippen molar-refractivity contribution in [1.82, 2.24) is 9.80 Å². The first-order valence-corrected chi connectivity index (χ1v) is 3.94. The number of nitrogens with zero attached hydrogens (tertiary/aromatic N) is 2. The molecule has 0 unspecified atom stereocenters. The molecule has 1 aliphatic rings. The summed E-state index contributed by atoms with van der Waals surface area (Å²) in [5, 5.41) is 0. The molecule has 0 atom stereocenters. The van der Waals surface area contributed by atoms with E-state index in [-0.39, 0.29) is 0 Å². The minimum atomic E-state index is 0.795. The molecule has 58 valence electrons. The molecule has 0 N–H and O–H groups in total. The summed E-state index contributed by atoms with van der Waals surface area (Å²) in [6.07, 6.45) is 0.795. The van der Waals surface area contributed by atoms with Crippen LogP contribution in [0.2, 0.25) is 0 Å². The lowest BCUT2D eigenvalue weighted by Crippen LogP contribution is -2.44. The third-order valence-electron chi connectivity index (χ3n) is 2.04. The van der Waals surface area contributed by atoms with Crippen LogP contribution in [0.3, 0.4) is 0 Å². The number of rotatable bonds is 2. The van der Waals surface area contributed by atoms with Gasteiger partial charge in [0.25, 0.3) is 0 Å². The van der Waals surface area contributed by atoms with Crippen molar-refractivity contribution in [2.24, 2.45) is 0 Å². The summed E-state index contributed by atoms with van der Waals surface area (Å²) in [4.78, 5) is 4.77. The molecule has 0 aliphatic carbocycles. The normalized spacial score (nSPS) is 23.4. The van der Waals surface area contributed by atoms with E-state index in [1.54, 1.807) is 0 Å². The second-order valence-electron chi connectivity index (χ2n) is 2.93. The van der Waals surface area contributed by atoms with E-state index in [0.717, 1.165) is 13.0 Å². The lowest BCUT2D eigenvalue weighted by atomic mass is 10.3. The zero-order valence-corrected chi connectivity index (χ0v) is 6.71. The van der Waals surface area contributed by atoms with E-state index in [1.807, 2.05) is 0 Å². The third kappa shape index (κ3) is 2.27. The molecule has 0 aromatic carbocycles. The monoisotopic (exact) mass is 140 g/mol. The molecule has 0 amide bonds. The van der Waals surface area contributed by atoms with Crippen LogP contribution < -0.4 is 0 Å². The Morgan fingerprint density at radius 2 is 1.80 bits per heavy atom. The molecular formula is C8H16N2. The highest BCUT2D eigenvalue weighted by Gasteiger charge is 2.11. The fourth-order valence-corrected chi connectivity index (χ4v) is 1.25. The zero-order valence-electron chi connectivity index (χ0n) is 6.71. The van der Waals surface area contributed by atoms with Crippen LogP contribution in [0.5, 0.6) is 0 Å². The molecule has 0 bridgehead atoms. The Balaban J connectivity index is 2.13. The third-order valence-corrected chi connectivity index (χ3v) is 2.04. The highest BCUT2D eigenvalue weighted by Crippen LogP contribution is 1.98. The Morgan fingerprint density at radius 3 is 2.30 bits per heavy atom. The van der Waals surface area contributed by atoms with E-state index in [2.05, 4.69) is 16.8 Å². The first kappa shape index (κ1) is 8.02. The van der Waals surface area contributed by atoms with Crippen molar-refractivity contribution in [2.75, 3.05) is 39.8 Å². The average molecular weight is 140 g/mol. The lowest BCUT2D eigenvalue weighted by Gasteiger charge is -2.31. The van der Waals surface area contributed by atoms with E-state index in [0.29, 0.717) is 0 Å². The van der Waals surface area contributed by atoms with Crippen LogP contribution in [0.1, 0.15) is 6.42 Å². The molecule has 2 nitrogen and oxygen atoms in total. The summed E-state index contributed by atoms with van der Waals surface area (Å²) in [6, 6.07) is 0. The van der Waals surface area contributed by atoms with Gasteiger partial charge in [-0.3, -0.25) is 0 Å².